The van der Waals surface area contributed by atoms with Gasteiger partial charge in [-0.1, -0.05) is 0 Å². The quantitative estimate of drug-likeness (QED) is 0.122. The predicted octanol–water partition coefficient (Wildman–Crippen LogP) is 6.09. The van der Waals surface area contributed by atoms with Gasteiger partial charge in [0.15, 0.2) is 0 Å². The van der Waals surface area contributed by atoms with Crippen LogP contribution in [0.4, 0.5) is 0 Å². The van der Waals surface area contributed by atoms with Crippen LogP contribution in [0, 0.1) is 0 Å². The molecular weight excluding hydrogens is 660 g/mol. The van der Waals surface area contributed by atoms with Crippen LogP contribution in [0.3, 0.4) is 0 Å². The standard InChI is InChI=1S/C11H16O3.C8H8O5.C8H10O4.C8H12O3/c1-11(6-3-7-13-11)10-5-4-9(14-10)8-12-2;1-11-7(9)5-3-4-6(13-5)8(10)12-2;1-10-5-6-3-4-7(12-6)8(9)11-2;1-9-5-7-3-4-8(11-7)6-10-2/h4-5H,3,6-8H2,1-2H3;3-4H,1-2H3;3-4H,5H2,1-2H3;3-4H,5-6H2,1-2H3. The summed E-state index contributed by atoms with van der Waals surface area (Å²) in [5, 5.41) is 0. The Bertz CT molecular complexity index is 1500. The second kappa shape index (κ2) is 22.1. The molecule has 0 spiro atoms. The van der Waals surface area contributed by atoms with Crippen LogP contribution >= 0.6 is 0 Å². The molecule has 1 aliphatic heterocycles. The van der Waals surface area contributed by atoms with Gasteiger partial charge in [-0.25, -0.2) is 14.4 Å². The van der Waals surface area contributed by atoms with Crippen LogP contribution in [-0.2, 0) is 69.9 Å². The zero-order chi connectivity index (χ0) is 36.9. The molecule has 5 rings (SSSR count). The maximum atomic E-state index is 10.9. The molecule has 0 amide bonds. The number of hydrogen-bond donors (Lipinski definition) is 0. The van der Waals surface area contributed by atoms with E-state index in [0.717, 1.165) is 42.5 Å². The van der Waals surface area contributed by atoms with Gasteiger partial charge in [0.2, 0.25) is 17.3 Å². The van der Waals surface area contributed by atoms with Crippen LogP contribution in [-0.4, -0.2) is 74.3 Å². The maximum absolute atomic E-state index is 10.9. The average molecular weight is 707 g/mol. The summed E-state index contributed by atoms with van der Waals surface area (Å²) in [4.78, 5) is 32.6. The number of ether oxygens (including phenoxy) is 8. The van der Waals surface area contributed by atoms with E-state index in [2.05, 4.69) is 21.1 Å². The normalized spacial score (nSPS) is 14.6. The Morgan fingerprint density at radius 3 is 1.34 bits per heavy atom. The van der Waals surface area contributed by atoms with Gasteiger partial charge >= 0.3 is 17.9 Å². The third-order valence-electron chi connectivity index (χ3n) is 6.69. The summed E-state index contributed by atoms with van der Waals surface area (Å²) in [7, 11) is 10.2. The number of carbonyl (C=O) groups excluding carboxylic acids is 3. The molecule has 0 N–H and O–H groups in total. The average Bonchev–Trinajstić information content (AvgIpc) is 3.97. The number of esters is 3. The van der Waals surface area contributed by atoms with Crippen molar-refractivity contribution in [2.45, 2.75) is 51.8 Å². The number of rotatable bonds is 12. The molecule has 1 saturated heterocycles. The zero-order valence-electron chi connectivity index (χ0n) is 29.7. The number of furan rings is 4. The largest absolute Gasteiger partial charge is 0.463 e. The van der Waals surface area contributed by atoms with Crippen molar-refractivity contribution >= 4 is 17.9 Å². The second-order valence-corrected chi connectivity index (χ2v) is 10.5. The van der Waals surface area contributed by atoms with E-state index in [0.29, 0.717) is 32.2 Å². The van der Waals surface area contributed by atoms with Gasteiger partial charge in [-0.05, 0) is 68.3 Å². The van der Waals surface area contributed by atoms with Crippen molar-refractivity contribution in [3.63, 3.8) is 0 Å². The second-order valence-electron chi connectivity index (χ2n) is 10.5. The molecule has 4 aromatic heterocycles. The summed E-state index contributed by atoms with van der Waals surface area (Å²) < 4.78 is 59.4. The van der Waals surface area contributed by atoms with Crippen LogP contribution < -0.4 is 0 Å². The Morgan fingerprint density at radius 1 is 0.540 bits per heavy atom. The fourth-order valence-electron chi connectivity index (χ4n) is 4.28. The molecule has 1 fully saturated rings. The highest BCUT2D eigenvalue weighted by atomic mass is 16.6. The van der Waals surface area contributed by atoms with E-state index in [4.69, 9.17) is 41.4 Å². The van der Waals surface area contributed by atoms with Crippen LogP contribution in [0.5, 0.6) is 0 Å². The molecule has 1 atom stereocenters. The lowest BCUT2D eigenvalue weighted by Gasteiger charge is -2.19. The first-order valence-corrected chi connectivity index (χ1v) is 15.3. The lowest BCUT2D eigenvalue weighted by Crippen LogP contribution is -2.18. The van der Waals surface area contributed by atoms with E-state index < -0.39 is 17.9 Å². The SMILES string of the molecule is COC(=O)c1ccc(C(=O)OC)o1.COCc1ccc(C(=O)OC)o1.COCc1ccc(C2(C)CCCO2)o1.COCc1ccc(COC)o1. The minimum Gasteiger partial charge on any atom is -0.463 e. The molecule has 50 heavy (non-hydrogen) atoms. The first-order valence-electron chi connectivity index (χ1n) is 15.3. The van der Waals surface area contributed by atoms with Crippen molar-refractivity contribution in [3.05, 3.63) is 94.6 Å². The lowest BCUT2D eigenvalue weighted by molar-refractivity contribution is -0.00294. The predicted molar refractivity (Wildman–Crippen MR) is 174 cm³/mol. The Morgan fingerprint density at radius 2 is 0.920 bits per heavy atom. The minimum absolute atomic E-state index is 0.0251. The van der Waals surface area contributed by atoms with Crippen LogP contribution in [0.2, 0.25) is 0 Å². The fraction of sp³-hybridized carbons (Fsp3) is 0.457. The number of methoxy groups -OCH3 is 7. The summed E-state index contributed by atoms with van der Waals surface area (Å²) in [6, 6.07) is 13.6. The highest BCUT2D eigenvalue weighted by Crippen LogP contribution is 2.36. The molecule has 0 aliphatic carbocycles. The van der Waals surface area contributed by atoms with Gasteiger partial charge in [-0.3, -0.25) is 0 Å². The molecule has 0 aromatic carbocycles. The van der Waals surface area contributed by atoms with Gasteiger partial charge in [-0.15, -0.1) is 0 Å². The van der Waals surface area contributed by atoms with E-state index in [1.54, 1.807) is 40.6 Å². The van der Waals surface area contributed by atoms with E-state index in [9.17, 15) is 14.4 Å². The topological polar surface area (TPSA) is 178 Å². The summed E-state index contributed by atoms with van der Waals surface area (Å²) in [5.41, 5.74) is -0.216. The Hall–Kier alpha value is -4.67. The highest BCUT2D eigenvalue weighted by molar-refractivity contribution is 5.90. The molecule has 15 nitrogen and oxygen atoms in total. The molecule has 5 heterocycles. The zero-order valence-corrected chi connectivity index (χ0v) is 29.7. The Kier molecular flexibility index (Phi) is 18.4. The fourth-order valence-corrected chi connectivity index (χ4v) is 4.28. The molecule has 0 bridgehead atoms. The Balaban J connectivity index is 0.000000232. The smallest absolute Gasteiger partial charge is 0.373 e. The van der Waals surface area contributed by atoms with Crippen molar-refractivity contribution < 1.29 is 69.9 Å². The van der Waals surface area contributed by atoms with E-state index in [1.807, 2.05) is 24.3 Å². The first kappa shape index (κ1) is 41.5. The summed E-state index contributed by atoms with van der Waals surface area (Å²) in [6.07, 6.45) is 2.14. The van der Waals surface area contributed by atoms with E-state index in [1.165, 1.54) is 33.5 Å². The number of hydrogen-bond acceptors (Lipinski definition) is 15. The van der Waals surface area contributed by atoms with Gasteiger partial charge in [0.25, 0.3) is 0 Å². The molecule has 1 unspecified atom stereocenters. The molecule has 4 aromatic rings. The molecule has 1 aliphatic rings. The van der Waals surface area contributed by atoms with Crippen LogP contribution in [0.25, 0.3) is 0 Å². The molecular formula is C35H46O15. The van der Waals surface area contributed by atoms with Crippen molar-refractivity contribution in [1.29, 1.82) is 0 Å². The summed E-state index contributed by atoms with van der Waals surface area (Å²) in [5.74, 6) is 2.47. The van der Waals surface area contributed by atoms with Gasteiger partial charge in [-0.2, -0.15) is 0 Å². The lowest BCUT2D eigenvalue weighted by atomic mass is 10.0. The summed E-state index contributed by atoms with van der Waals surface area (Å²) in [6.45, 7) is 4.83. The molecule has 0 saturated carbocycles. The van der Waals surface area contributed by atoms with Crippen molar-refractivity contribution in [2.75, 3.05) is 56.4 Å². The van der Waals surface area contributed by atoms with Gasteiger partial charge in [0.05, 0.1) is 21.3 Å². The first-order chi connectivity index (χ1) is 24.1. The Labute approximate surface area is 290 Å². The van der Waals surface area contributed by atoms with Crippen LogP contribution in [0.15, 0.2) is 66.2 Å². The molecule has 0 radical (unpaired) electrons. The van der Waals surface area contributed by atoms with Crippen molar-refractivity contribution in [2.24, 2.45) is 0 Å². The molecule has 15 heteroatoms. The highest BCUT2D eigenvalue weighted by Gasteiger charge is 2.34. The van der Waals surface area contributed by atoms with E-state index in [-0.39, 0.29) is 22.9 Å². The van der Waals surface area contributed by atoms with Crippen LogP contribution in [0.1, 0.15) is 80.2 Å². The van der Waals surface area contributed by atoms with Gasteiger partial charge in [0, 0.05) is 35.0 Å². The molecule has 276 valence electrons. The van der Waals surface area contributed by atoms with Gasteiger partial charge < -0.3 is 55.6 Å². The van der Waals surface area contributed by atoms with Gasteiger partial charge in [0.1, 0.15) is 60.8 Å². The third kappa shape index (κ3) is 13.3. The third-order valence-corrected chi connectivity index (χ3v) is 6.69. The van der Waals surface area contributed by atoms with Crippen molar-refractivity contribution in [1.82, 2.24) is 0 Å². The summed E-state index contributed by atoms with van der Waals surface area (Å²) >= 11 is 0. The van der Waals surface area contributed by atoms with Crippen molar-refractivity contribution in [3.8, 4) is 0 Å². The van der Waals surface area contributed by atoms with E-state index >= 15 is 0 Å². The number of carbonyl (C=O) groups is 3. The minimum atomic E-state index is -0.629. The monoisotopic (exact) mass is 706 g/mol. The maximum Gasteiger partial charge on any atom is 0.373 e.